The van der Waals surface area contributed by atoms with Crippen LogP contribution in [0.4, 0.5) is 18.9 Å². The molecule has 26 heavy (non-hydrogen) atoms. The zero-order chi connectivity index (χ0) is 18.9. The summed E-state index contributed by atoms with van der Waals surface area (Å²) in [7, 11) is 0. The normalized spacial score (nSPS) is 15.9. The summed E-state index contributed by atoms with van der Waals surface area (Å²) < 4.78 is 46.8. The maximum atomic E-state index is 13.0. The van der Waals surface area contributed by atoms with Crippen molar-refractivity contribution in [1.29, 1.82) is 0 Å². The molecular weight excluding hydrogens is 351 g/mol. The SMILES string of the molecule is CCOCn1cc(NC(=O)C(C)n2nc(C(F)(F)F)cc2C2CC2)cn1. The van der Waals surface area contributed by atoms with Crippen LogP contribution in [0.15, 0.2) is 18.5 Å². The van der Waals surface area contributed by atoms with E-state index in [0.717, 1.165) is 18.9 Å². The van der Waals surface area contributed by atoms with Gasteiger partial charge in [0.2, 0.25) is 5.91 Å². The lowest BCUT2D eigenvalue weighted by Crippen LogP contribution is -2.26. The number of carbonyl (C=O) groups is 1. The minimum atomic E-state index is -4.54. The zero-order valence-corrected chi connectivity index (χ0v) is 14.5. The molecular formula is C16H20F3N5O2. The molecule has 0 radical (unpaired) electrons. The number of carbonyl (C=O) groups excluding carboxylic acids is 1. The van der Waals surface area contributed by atoms with Gasteiger partial charge in [0.15, 0.2) is 5.69 Å². The first-order chi connectivity index (χ1) is 12.3. The summed E-state index contributed by atoms with van der Waals surface area (Å²) in [5, 5.41) is 10.3. The summed E-state index contributed by atoms with van der Waals surface area (Å²) in [5.74, 6) is -0.428. The van der Waals surface area contributed by atoms with Crippen molar-refractivity contribution in [1.82, 2.24) is 19.6 Å². The van der Waals surface area contributed by atoms with Gasteiger partial charge in [-0.1, -0.05) is 0 Å². The highest BCUT2D eigenvalue weighted by molar-refractivity contribution is 5.93. The molecule has 142 valence electrons. The molecule has 0 saturated heterocycles. The Hall–Kier alpha value is -2.36. The summed E-state index contributed by atoms with van der Waals surface area (Å²) in [6.07, 6.45) is 0.122. The Bertz CT molecular complexity index is 779. The van der Waals surface area contributed by atoms with Crippen molar-refractivity contribution in [3.63, 3.8) is 0 Å². The van der Waals surface area contributed by atoms with Crippen molar-refractivity contribution in [2.75, 3.05) is 11.9 Å². The van der Waals surface area contributed by atoms with Crippen LogP contribution in [-0.4, -0.2) is 32.1 Å². The van der Waals surface area contributed by atoms with E-state index in [4.69, 9.17) is 4.74 Å². The smallest absolute Gasteiger partial charge is 0.360 e. The third-order valence-corrected chi connectivity index (χ3v) is 4.13. The first-order valence-electron chi connectivity index (χ1n) is 8.37. The average molecular weight is 371 g/mol. The second-order valence-electron chi connectivity index (χ2n) is 6.23. The van der Waals surface area contributed by atoms with Gasteiger partial charge in [-0.15, -0.1) is 0 Å². The molecule has 0 aliphatic heterocycles. The van der Waals surface area contributed by atoms with Crippen molar-refractivity contribution in [3.05, 3.63) is 29.8 Å². The van der Waals surface area contributed by atoms with Crippen LogP contribution in [0, 0.1) is 0 Å². The zero-order valence-electron chi connectivity index (χ0n) is 14.5. The molecule has 10 heteroatoms. The van der Waals surface area contributed by atoms with Gasteiger partial charge in [-0.3, -0.25) is 9.48 Å². The summed E-state index contributed by atoms with van der Waals surface area (Å²) in [5.41, 5.74) is -0.0756. The number of halogens is 3. The predicted molar refractivity (Wildman–Crippen MR) is 86.4 cm³/mol. The molecule has 1 unspecified atom stereocenters. The number of hydrogen-bond acceptors (Lipinski definition) is 4. The van der Waals surface area contributed by atoms with E-state index in [1.54, 1.807) is 6.20 Å². The number of amides is 1. The third kappa shape index (κ3) is 4.06. The average Bonchev–Trinajstić information content (AvgIpc) is 3.16. The quantitative estimate of drug-likeness (QED) is 0.811. The second-order valence-corrected chi connectivity index (χ2v) is 6.23. The van der Waals surface area contributed by atoms with Gasteiger partial charge in [0.1, 0.15) is 12.8 Å². The van der Waals surface area contributed by atoms with Crippen molar-refractivity contribution in [2.45, 2.75) is 51.6 Å². The fraction of sp³-hybridized carbons (Fsp3) is 0.562. The first-order valence-corrected chi connectivity index (χ1v) is 8.37. The highest BCUT2D eigenvalue weighted by Crippen LogP contribution is 2.43. The van der Waals surface area contributed by atoms with Crippen LogP contribution in [-0.2, 0) is 22.4 Å². The lowest BCUT2D eigenvalue weighted by Gasteiger charge is -2.15. The molecule has 1 fully saturated rings. The molecule has 2 heterocycles. The fourth-order valence-electron chi connectivity index (χ4n) is 2.58. The minimum Gasteiger partial charge on any atom is -0.360 e. The minimum absolute atomic E-state index is 0.0304. The van der Waals surface area contributed by atoms with E-state index >= 15 is 0 Å². The van der Waals surface area contributed by atoms with Crippen LogP contribution < -0.4 is 5.32 Å². The number of aromatic nitrogens is 4. The van der Waals surface area contributed by atoms with Crippen LogP contribution in [0.2, 0.25) is 0 Å². The van der Waals surface area contributed by atoms with Crippen molar-refractivity contribution in [3.8, 4) is 0 Å². The van der Waals surface area contributed by atoms with E-state index in [2.05, 4.69) is 15.5 Å². The number of nitrogens with zero attached hydrogens (tertiary/aromatic N) is 4. The Kier molecular flexibility index (Phi) is 5.03. The number of nitrogens with one attached hydrogen (secondary N) is 1. The Morgan fingerprint density at radius 2 is 2.19 bits per heavy atom. The lowest BCUT2D eigenvalue weighted by molar-refractivity contribution is -0.141. The van der Waals surface area contributed by atoms with Crippen LogP contribution in [0.5, 0.6) is 0 Å². The number of ether oxygens (including phenoxy) is 1. The van der Waals surface area contributed by atoms with E-state index in [1.807, 2.05) is 6.92 Å². The lowest BCUT2D eigenvalue weighted by atomic mass is 10.2. The monoisotopic (exact) mass is 371 g/mol. The van der Waals surface area contributed by atoms with Gasteiger partial charge in [0.25, 0.3) is 0 Å². The number of alkyl halides is 3. The molecule has 1 aliphatic rings. The molecule has 0 aromatic carbocycles. The summed E-state index contributed by atoms with van der Waals surface area (Å²) in [4.78, 5) is 12.5. The van der Waals surface area contributed by atoms with Gasteiger partial charge >= 0.3 is 6.18 Å². The highest BCUT2D eigenvalue weighted by atomic mass is 19.4. The molecule has 2 aromatic rings. The molecule has 7 nitrogen and oxygen atoms in total. The largest absolute Gasteiger partial charge is 0.435 e. The predicted octanol–water partition coefficient (Wildman–Crippen LogP) is 3.17. The van der Waals surface area contributed by atoms with Gasteiger partial charge in [-0.25, -0.2) is 4.68 Å². The van der Waals surface area contributed by atoms with Crippen molar-refractivity contribution < 1.29 is 22.7 Å². The Labute approximate surface area is 148 Å². The summed E-state index contributed by atoms with van der Waals surface area (Å²) >= 11 is 0. The number of anilines is 1. The van der Waals surface area contributed by atoms with Crippen LogP contribution in [0.3, 0.4) is 0 Å². The van der Waals surface area contributed by atoms with E-state index in [1.165, 1.54) is 22.5 Å². The molecule has 1 saturated carbocycles. The van der Waals surface area contributed by atoms with Gasteiger partial charge in [-0.05, 0) is 32.8 Å². The molecule has 0 spiro atoms. The van der Waals surface area contributed by atoms with E-state index in [0.29, 0.717) is 18.0 Å². The van der Waals surface area contributed by atoms with Gasteiger partial charge < -0.3 is 10.1 Å². The maximum Gasteiger partial charge on any atom is 0.435 e. The number of hydrogen-bond donors (Lipinski definition) is 1. The summed E-state index contributed by atoms with van der Waals surface area (Å²) in [6, 6.07) is 0.165. The topological polar surface area (TPSA) is 74.0 Å². The standard InChI is InChI=1S/C16H20F3N5O2/c1-3-26-9-23-8-12(7-20-23)21-15(25)10(2)24-13(11-4-5-11)6-14(22-24)16(17,18)19/h6-8,10-11H,3-5,9H2,1-2H3,(H,21,25). The number of rotatable bonds is 7. The molecule has 1 amide bonds. The maximum absolute atomic E-state index is 13.0. The Morgan fingerprint density at radius 1 is 1.46 bits per heavy atom. The van der Waals surface area contributed by atoms with Crippen LogP contribution in [0.25, 0.3) is 0 Å². The molecule has 0 bridgehead atoms. The molecule has 1 N–H and O–H groups in total. The fourth-order valence-corrected chi connectivity index (χ4v) is 2.58. The van der Waals surface area contributed by atoms with E-state index < -0.39 is 23.8 Å². The molecule has 1 aliphatic carbocycles. The van der Waals surface area contributed by atoms with E-state index in [-0.39, 0.29) is 12.6 Å². The van der Waals surface area contributed by atoms with Crippen LogP contribution >= 0.6 is 0 Å². The van der Waals surface area contributed by atoms with Crippen LogP contribution in [0.1, 0.15) is 50.0 Å². The van der Waals surface area contributed by atoms with Crippen molar-refractivity contribution >= 4 is 11.6 Å². The molecule has 3 rings (SSSR count). The second kappa shape index (κ2) is 7.10. The molecule has 1 atom stereocenters. The Morgan fingerprint density at radius 3 is 2.81 bits per heavy atom. The first kappa shape index (κ1) is 18.4. The molecule has 2 aromatic heterocycles. The Balaban J connectivity index is 1.74. The van der Waals surface area contributed by atoms with Gasteiger partial charge in [-0.2, -0.15) is 23.4 Å². The highest BCUT2D eigenvalue weighted by Gasteiger charge is 2.39. The van der Waals surface area contributed by atoms with Gasteiger partial charge in [0, 0.05) is 18.2 Å². The van der Waals surface area contributed by atoms with E-state index in [9.17, 15) is 18.0 Å². The van der Waals surface area contributed by atoms with Gasteiger partial charge in [0.05, 0.1) is 18.1 Å². The summed E-state index contributed by atoms with van der Waals surface area (Å²) in [6.45, 7) is 4.16. The van der Waals surface area contributed by atoms with Crippen molar-refractivity contribution in [2.24, 2.45) is 0 Å². The third-order valence-electron chi connectivity index (χ3n) is 4.13.